The Hall–Kier alpha value is -0.930. The molecule has 1 aromatic carbocycles. The summed E-state index contributed by atoms with van der Waals surface area (Å²) in [5.74, 6) is 0. The summed E-state index contributed by atoms with van der Waals surface area (Å²) in [6.07, 6.45) is 5.10. The lowest BCUT2D eigenvalue weighted by molar-refractivity contribution is -0.0795. The zero-order valence-electron chi connectivity index (χ0n) is 12.1. The third-order valence-electron chi connectivity index (χ3n) is 4.12. The molecule has 112 valence electrons. The molecule has 0 saturated heterocycles. The first kappa shape index (κ1) is 15.5. The quantitative estimate of drug-likeness (QED) is 0.902. The van der Waals surface area contributed by atoms with E-state index in [9.17, 15) is 9.50 Å². The van der Waals surface area contributed by atoms with Crippen LogP contribution in [0.3, 0.4) is 0 Å². The molecule has 0 spiro atoms. The minimum Gasteiger partial charge on any atom is -0.390 e. The van der Waals surface area contributed by atoms with E-state index >= 15 is 0 Å². The van der Waals surface area contributed by atoms with Crippen molar-refractivity contribution in [1.82, 2.24) is 0 Å². The molecule has 0 amide bonds. The van der Waals surface area contributed by atoms with Gasteiger partial charge < -0.3 is 9.84 Å². The van der Waals surface area contributed by atoms with Gasteiger partial charge in [0.05, 0.1) is 19.3 Å². The molecule has 0 radical (unpaired) electrons. The number of halogens is 1. The molecule has 0 heterocycles. The summed E-state index contributed by atoms with van der Waals surface area (Å²) in [5.41, 5.74) is -0.548. The SMILES string of the molecule is OC1CCCCCCCC1(F)COCc1ccccc1. The number of rotatable bonds is 4. The van der Waals surface area contributed by atoms with Crippen LogP contribution in [-0.4, -0.2) is 23.5 Å². The van der Waals surface area contributed by atoms with Crippen LogP contribution in [0, 0.1) is 0 Å². The van der Waals surface area contributed by atoms with Gasteiger partial charge >= 0.3 is 0 Å². The van der Waals surface area contributed by atoms with Crippen molar-refractivity contribution in [2.45, 2.75) is 63.3 Å². The lowest BCUT2D eigenvalue weighted by atomic mass is 9.91. The molecular formula is C17H25FO2. The van der Waals surface area contributed by atoms with Crippen LogP contribution in [-0.2, 0) is 11.3 Å². The van der Waals surface area contributed by atoms with Crippen LogP contribution in [0.15, 0.2) is 30.3 Å². The predicted octanol–water partition coefficient (Wildman–Crippen LogP) is 4.02. The zero-order valence-corrected chi connectivity index (χ0v) is 12.1. The summed E-state index contributed by atoms with van der Waals surface area (Å²) in [5, 5.41) is 10.1. The Labute approximate surface area is 121 Å². The van der Waals surface area contributed by atoms with Crippen LogP contribution in [0.5, 0.6) is 0 Å². The van der Waals surface area contributed by atoms with Crippen molar-refractivity contribution in [2.75, 3.05) is 6.61 Å². The summed E-state index contributed by atoms with van der Waals surface area (Å²) in [6, 6.07) is 9.76. The first-order valence-corrected chi connectivity index (χ1v) is 7.69. The molecular weight excluding hydrogens is 255 g/mol. The van der Waals surface area contributed by atoms with E-state index in [1.807, 2.05) is 30.3 Å². The maximum Gasteiger partial charge on any atom is 0.159 e. The molecule has 1 aliphatic rings. The lowest BCUT2D eigenvalue weighted by Crippen LogP contribution is -2.42. The Balaban J connectivity index is 1.86. The monoisotopic (exact) mass is 280 g/mol. The summed E-state index contributed by atoms with van der Waals surface area (Å²) in [4.78, 5) is 0. The number of ether oxygens (including phenoxy) is 1. The maximum atomic E-state index is 14.9. The predicted molar refractivity (Wildman–Crippen MR) is 78.3 cm³/mol. The summed E-state index contributed by atoms with van der Waals surface area (Å²) < 4.78 is 20.4. The number of alkyl halides is 1. The Bertz CT molecular complexity index is 382. The van der Waals surface area contributed by atoms with Crippen LogP contribution >= 0.6 is 0 Å². The number of benzene rings is 1. The molecule has 1 fully saturated rings. The van der Waals surface area contributed by atoms with Gasteiger partial charge in [-0.2, -0.15) is 0 Å². The highest BCUT2D eigenvalue weighted by atomic mass is 19.1. The third kappa shape index (κ3) is 4.57. The van der Waals surface area contributed by atoms with E-state index in [1.165, 1.54) is 0 Å². The highest BCUT2D eigenvalue weighted by Crippen LogP contribution is 2.30. The van der Waals surface area contributed by atoms with Crippen molar-refractivity contribution in [3.05, 3.63) is 35.9 Å². The van der Waals surface area contributed by atoms with Crippen LogP contribution in [0.2, 0.25) is 0 Å². The van der Waals surface area contributed by atoms with Gasteiger partial charge in [0, 0.05) is 0 Å². The molecule has 2 atom stereocenters. The van der Waals surface area contributed by atoms with E-state index in [0.29, 0.717) is 19.4 Å². The van der Waals surface area contributed by atoms with Gasteiger partial charge in [-0.05, 0) is 18.4 Å². The van der Waals surface area contributed by atoms with Crippen molar-refractivity contribution in [2.24, 2.45) is 0 Å². The third-order valence-corrected chi connectivity index (χ3v) is 4.12. The Kier molecular flexibility index (Phi) is 5.99. The van der Waals surface area contributed by atoms with Gasteiger partial charge in [-0.15, -0.1) is 0 Å². The second-order valence-corrected chi connectivity index (χ2v) is 5.84. The fourth-order valence-electron chi connectivity index (χ4n) is 2.79. The van der Waals surface area contributed by atoms with Gasteiger partial charge in [-0.1, -0.05) is 62.4 Å². The van der Waals surface area contributed by atoms with Crippen LogP contribution in [0.25, 0.3) is 0 Å². The fourth-order valence-corrected chi connectivity index (χ4v) is 2.79. The summed E-state index contributed by atoms with van der Waals surface area (Å²) >= 11 is 0. The van der Waals surface area contributed by atoms with Gasteiger partial charge in [-0.25, -0.2) is 4.39 Å². The van der Waals surface area contributed by atoms with Crippen molar-refractivity contribution in [3.8, 4) is 0 Å². The minimum absolute atomic E-state index is 0.0109. The van der Waals surface area contributed by atoms with E-state index in [1.54, 1.807) is 0 Å². The smallest absolute Gasteiger partial charge is 0.159 e. The topological polar surface area (TPSA) is 29.5 Å². The fraction of sp³-hybridized carbons (Fsp3) is 0.647. The Morgan fingerprint density at radius 3 is 2.60 bits per heavy atom. The van der Waals surface area contributed by atoms with Crippen molar-refractivity contribution in [3.63, 3.8) is 0 Å². The minimum atomic E-state index is -1.58. The molecule has 0 aliphatic heterocycles. The normalized spacial score (nSPS) is 28.4. The van der Waals surface area contributed by atoms with Gasteiger partial charge in [0.2, 0.25) is 0 Å². The molecule has 2 nitrogen and oxygen atoms in total. The van der Waals surface area contributed by atoms with Gasteiger partial charge in [0.15, 0.2) is 5.67 Å². The molecule has 3 heteroatoms. The zero-order chi connectivity index (χ0) is 14.3. The average Bonchev–Trinajstić information content (AvgIpc) is 2.54. The molecule has 20 heavy (non-hydrogen) atoms. The van der Waals surface area contributed by atoms with Crippen LogP contribution in [0.1, 0.15) is 50.5 Å². The Morgan fingerprint density at radius 2 is 1.80 bits per heavy atom. The molecule has 0 aromatic heterocycles. The van der Waals surface area contributed by atoms with Crippen LogP contribution in [0.4, 0.5) is 4.39 Å². The molecule has 0 bridgehead atoms. The van der Waals surface area contributed by atoms with Crippen molar-refractivity contribution < 1.29 is 14.2 Å². The van der Waals surface area contributed by atoms with Crippen molar-refractivity contribution >= 4 is 0 Å². The highest BCUT2D eigenvalue weighted by Gasteiger charge is 2.38. The average molecular weight is 280 g/mol. The Morgan fingerprint density at radius 1 is 1.10 bits per heavy atom. The van der Waals surface area contributed by atoms with E-state index < -0.39 is 11.8 Å². The first-order valence-electron chi connectivity index (χ1n) is 7.69. The van der Waals surface area contributed by atoms with Crippen molar-refractivity contribution in [1.29, 1.82) is 0 Å². The molecule has 1 aromatic rings. The van der Waals surface area contributed by atoms with Gasteiger partial charge in [0.25, 0.3) is 0 Å². The number of hydrogen-bond donors (Lipinski definition) is 1. The largest absolute Gasteiger partial charge is 0.390 e. The number of hydrogen-bond acceptors (Lipinski definition) is 2. The van der Waals surface area contributed by atoms with Gasteiger partial charge in [0.1, 0.15) is 0 Å². The second-order valence-electron chi connectivity index (χ2n) is 5.84. The number of aliphatic hydroxyl groups excluding tert-OH is 1. The van der Waals surface area contributed by atoms with E-state index in [0.717, 1.165) is 37.7 Å². The van der Waals surface area contributed by atoms with E-state index in [2.05, 4.69) is 0 Å². The van der Waals surface area contributed by atoms with E-state index in [4.69, 9.17) is 4.74 Å². The standard InChI is InChI=1S/C17H25FO2/c18-17(12-8-3-1-2-7-11-16(17)19)14-20-13-15-9-5-4-6-10-15/h4-6,9-10,16,19H,1-3,7-8,11-14H2. The second kappa shape index (κ2) is 7.75. The van der Waals surface area contributed by atoms with E-state index in [-0.39, 0.29) is 6.61 Å². The first-order chi connectivity index (χ1) is 9.71. The molecule has 1 aliphatic carbocycles. The van der Waals surface area contributed by atoms with Gasteiger partial charge in [-0.3, -0.25) is 0 Å². The highest BCUT2D eigenvalue weighted by molar-refractivity contribution is 5.13. The maximum absolute atomic E-state index is 14.9. The number of aliphatic hydroxyl groups is 1. The van der Waals surface area contributed by atoms with Crippen LogP contribution < -0.4 is 0 Å². The molecule has 2 rings (SSSR count). The molecule has 2 unspecified atom stereocenters. The summed E-state index contributed by atoms with van der Waals surface area (Å²) in [6.45, 7) is 0.391. The summed E-state index contributed by atoms with van der Waals surface area (Å²) in [7, 11) is 0. The molecule has 1 N–H and O–H groups in total. The lowest BCUT2D eigenvalue weighted by Gasteiger charge is -2.30. The molecule has 1 saturated carbocycles.